The number of rotatable bonds is 7. The molecule has 0 spiro atoms. The Morgan fingerprint density at radius 1 is 1.04 bits per heavy atom. The van der Waals surface area contributed by atoms with Gasteiger partial charge in [-0.15, -0.1) is 0 Å². The van der Waals surface area contributed by atoms with Crippen molar-refractivity contribution in [1.82, 2.24) is 5.16 Å². The molecule has 27 heavy (non-hydrogen) atoms. The van der Waals surface area contributed by atoms with Gasteiger partial charge in [0.05, 0.1) is 11.1 Å². The summed E-state index contributed by atoms with van der Waals surface area (Å²) in [7, 11) is 0. The molecule has 0 saturated carbocycles. The first-order valence-corrected chi connectivity index (χ1v) is 8.44. The molecule has 6 nitrogen and oxygen atoms in total. The van der Waals surface area contributed by atoms with Gasteiger partial charge in [0.25, 0.3) is 0 Å². The SMILES string of the molecule is CC(=O)COC(=O)c1ccc(OCc2c(-c3ccccc3)noc2C)cc1. The van der Waals surface area contributed by atoms with Gasteiger partial charge in [-0.2, -0.15) is 0 Å². The number of aryl methyl sites for hydroxylation is 1. The quantitative estimate of drug-likeness (QED) is 0.590. The normalized spacial score (nSPS) is 10.4. The average molecular weight is 365 g/mol. The fourth-order valence-electron chi connectivity index (χ4n) is 2.48. The molecule has 0 aliphatic carbocycles. The van der Waals surface area contributed by atoms with Crippen LogP contribution in [-0.4, -0.2) is 23.5 Å². The smallest absolute Gasteiger partial charge is 0.338 e. The van der Waals surface area contributed by atoms with E-state index in [0.29, 0.717) is 17.1 Å². The summed E-state index contributed by atoms with van der Waals surface area (Å²) in [6.45, 7) is 3.26. The van der Waals surface area contributed by atoms with Gasteiger partial charge < -0.3 is 14.0 Å². The summed E-state index contributed by atoms with van der Waals surface area (Å²) in [4.78, 5) is 22.7. The second kappa shape index (κ2) is 8.31. The van der Waals surface area contributed by atoms with Crippen molar-refractivity contribution in [3.05, 3.63) is 71.5 Å². The number of benzene rings is 2. The number of hydrogen-bond acceptors (Lipinski definition) is 6. The van der Waals surface area contributed by atoms with E-state index in [2.05, 4.69) is 5.16 Å². The molecule has 2 aromatic carbocycles. The highest BCUT2D eigenvalue weighted by atomic mass is 16.5. The molecule has 6 heteroatoms. The molecule has 0 radical (unpaired) electrons. The molecular formula is C21H19NO5. The molecule has 0 saturated heterocycles. The second-order valence-corrected chi connectivity index (χ2v) is 6.02. The van der Waals surface area contributed by atoms with E-state index >= 15 is 0 Å². The summed E-state index contributed by atoms with van der Waals surface area (Å²) in [5.41, 5.74) is 2.93. The van der Waals surface area contributed by atoms with E-state index < -0.39 is 5.97 Å². The predicted octanol–water partition coefficient (Wildman–Crippen LogP) is 3.97. The Kier molecular flexibility index (Phi) is 5.66. The van der Waals surface area contributed by atoms with Gasteiger partial charge in [-0.3, -0.25) is 4.79 Å². The van der Waals surface area contributed by atoms with Crippen molar-refractivity contribution in [2.24, 2.45) is 0 Å². The number of carbonyl (C=O) groups is 2. The minimum atomic E-state index is -0.544. The number of carbonyl (C=O) groups excluding carboxylic acids is 2. The van der Waals surface area contributed by atoms with Crippen LogP contribution in [0.3, 0.4) is 0 Å². The summed E-state index contributed by atoms with van der Waals surface area (Å²) < 4.78 is 16.0. The van der Waals surface area contributed by atoms with Crippen LogP contribution in [0.1, 0.15) is 28.6 Å². The minimum Gasteiger partial charge on any atom is -0.489 e. The van der Waals surface area contributed by atoms with E-state index in [9.17, 15) is 9.59 Å². The lowest BCUT2D eigenvalue weighted by Gasteiger charge is -2.08. The van der Waals surface area contributed by atoms with E-state index in [1.807, 2.05) is 37.3 Å². The Morgan fingerprint density at radius 3 is 2.41 bits per heavy atom. The van der Waals surface area contributed by atoms with E-state index in [1.54, 1.807) is 24.3 Å². The molecule has 0 aliphatic rings. The van der Waals surface area contributed by atoms with Gasteiger partial charge >= 0.3 is 5.97 Å². The minimum absolute atomic E-state index is 0.207. The van der Waals surface area contributed by atoms with E-state index in [-0.39, 0.29) is 19.0 Å². The van der Waals surface area contributed by atoms with Gasteiger partial charge in [-0.25, -0.2) is 4.79 Å². The van der Waals surface area contributed by atoms with Crippen LogP contribution < -0.4 is 4.74 Å². The number of ether oxygens (including phenoxy) is 2. The van der Waals surface area contributed by atoms with Crippen LogP contribution in [0.2, 0.25) is 0 Å². The topological polar surface area (TPSA) is 78.6 Å². The lowest BCUT2D eigenvalue weighted by atomic mass is 10.1. The van der Waals surface area contributed by atoms with Crippen LogP contribution >= 0.6 is 0 Å². The summed E-state index contributed by atoms with van der Waals surface area (Å²) in [5.74, 6) is 0.538. The van der Waals surface area contributed by atoms with E-state index in [1.165, 1.54) is 6.92 Å². The molecular weight excluding hydrogens is 346 g/mol. The Hall–Kier alpha value is -3.41. The first-order chi connectivity index (χ1) is 13.0. The Balaban J connectivity index is 1.67. The largest absolute Gasteiger partial charge is 0.489 e. The number of nitrogens with zero attached hydrogens (tertiary/aromatic N) is 1. The molecule has 0 amide bonds. The predicted molar refractivity (Wildman–Crippen MR) is 98.4 cm³/mol. The zero-order chi connectivity index (χ0) is 19.2. The van der Waals surface area contributed by atoms with Crippen LogP contribution in [0.25, 0.3) is 11.3 Å². The Bertz CT molecular complexity index is 929. The zero-order valence-corrected chi connectivity index (χ0v) is 15.1. The molecule has 3 aromatic rings. The van der Waals surface area contributed by atoms with Crippen molar-refractivity contribution in [3.8, 4) is 17.0 Å². The summed E-state index contributed by atoms with van der Waals surface area (Å²) in [5, 5.41) is 4.13. The maximum atomic E-state index is 11.8. The van der Waals surface area contributed by atoms with Gasteiger partial charge in [0.15, 0.2) is 5.78 Å². The number of Topliss-reactive ketones (excluding diaryl/α,β-unsaturated/α-hetero) is 1. The summed E-state index contributed by atoms with van der Waals surface area (Å²) in [6, 6.07) is 16.3. The molecule has 3 rings (SSSR count). The molecule has 1 aromatic heterocycles. The van der Waals surface area contributed by atoms with Crippen LogP contribution in [0.5, 0.6) is 5.75 Å². The summed E-state index contributed by atoms with van der Waals surface area (Å²) in [6.07, 6.45) is 0. The molecule has 0 N–H and O–H groups in total. The monoisotopic (exact) mass is 365 g/mol. The Labute approximate surface area is 156 Å². The number of hydrogen-bond donors (Lipinski definition) is 0. The average Bonchev–Trinajstić information content (AvgIpc) is 3.06. The van der Waals surface area contributed by atoms with Gasteiger partial charge in [0.2, 0.25) is 0 Å². The molecule has 1 heterocycles. The van der Waals surface area contributed by atoms with Crippen LogP contribution in [-0.2, 0) is 16.1 Å². The van der Waals surface area contributed by atoms with Gasteiger partial charge in [-0.05, 0) is 38.1 Å². The maximum Gasteiger partial charge on any atom is 0.338 e. The fourth-order valence-corrected chi connectivity index (χ4v) is 2.48. The number of ketones is 1. The maximum absolute atomic E-state index is 11.8. The van der Waals surface area contributed by atoms with Crippen molar-refractivity contribution in [1.29, 1.82) is 0 Å². The Morgan fingerprint density at radius 2 is 1.74 bits per heavy atom. The third kappa shape index (κ3) is 4.61. The second-order valence-electron chi connectivity index (χ2n) is 6.02. The standard InChI is InChI=1S/C21H19NO5/c1-14(23)12-26-21(24)17-8-10-18(11-9-17)25-13-19-15(2)27-22-20(19)16-6-4-3-5-7-16/h3-11H,12-13H2,1-2H3. The van der Waals surface area contributed by atoms with Gasteiger partial charge in [0.1, 0.15) is 30.4 Å². The molecule has 0 atom stereocenters. The third-order valence-electron chi connectivity index (χ3n) is 3.91. The zero-order valence-electron chi connectivity index (χ0n) is 15.1. The molecule has 0 bridgehead atoms. The van der Waals surface area contributed by atoms with Gasteiger partial charge in [0, 0.05) is 5.56 Å². The van der Waals surface area contributed by atoms with Crippen molar-refractivity contribution < 1.29 is 23.6 Å². The highest BCUT2D eigenvalue weighted by Crippen LogP contribution is 2.26. The summed E-state index contributed by atoms with van der Waals surface area (Å²) >= 11 is 0. The molecule has 0 unspecified atom stereocenters. The first kappa shape index (κ1) is 18.4. The lowest BCUT2D eigenvalue weighted by molar-refractivity contribution is -0.120. The molecule has 0 fully saturated rings. The van der Waals surface area contributed by atoms with Crippen LogP contribution in [0.4, 0.5) is 0 Å². The van der Waals surface area contributed by atoms with Crippen LogP contribution in [0, 0.1) is 6.92 Å². The number of aromatic nitrogens is 1. The fraction of sp³-hybridized carbons (Fsp3) is 0.190. The third-order valence-corrected chi connectivity index (χ3v) is 3.91. The number of esters is 1. The molecule has 138 valence electrons. The highest BCUT2D eigenvalue weighted by molar-refractivity contribution is 5.91. The van der Waals surface area contributed by atoms with Crippen molar-refractivity contribution in [2.75, 3.05) is 6.61 Å². The van der Waals surface area contributed by atoms with E-state index in [4.69, 9.17) is 14.0 Å². The molecule has 0 aliphatic heterocycles. The highest BCUT2D eigenvalue weighted by Gasteiger charge is 2.15. The first-order valence-electron chi connectivity index (χ1n) is 8.44. The lowest BCUT2D eigenvalue weighted by Crippen LogP contribution is -2.11. The van der Waals surface area contributed by atoms with Crippen molar-refractivity contribution >= 4 is 11.8 Å². The van der Waals surface area contributed by atoms with Crippen LogP contribution in [0.15, 0.2) is 59.1 Å². The van der Waals surface area contributed by atoms with Crippen molar-refractivity contribution in [2.45, 2.75) is 20.5 Å². The van der Waals surface area contributed by atoms with Gasteiger partial charge in [-0.1, -0.05) is 35.5 Å². The van der Waals surface area contributed by atoms with Crippen molar-refractivity contribution in [3.63, 3.8) is 0 Å². The van der Waals surface area contributed by atoms with E-state index in [0.717, 1.165) is 16.8 Å².